The summed E-state index contributed by atoms with van der Waals surface area (Å²) in [5.41, 5.74) is 10.2. The van der Waals surface area contributed by atoms with Gasteiger partial charge in [-0.05, 0) is 0 Å². The van der Waals surface area contributed by atoms with Crippen LogP contribution < -0.4 is 0 Å². The van der Waals surface area contributed by atoms with E-state index in [1.54, 1.807) is 16.7 Å². The Morgan fingerprint density at radius 2 is 1.10 bits per heavy atom. The van der Waals surface area contributed by atoms with Crippen molar-refractivity contribution in [3.63, 3.8) is 0 Å². The fourth-order valence-electron chi connectivity index (χ4n) is 7.37. The van der Waals surface area contributed by atoms with Gasteiger partial charge in [-0.25, -0.2) is 0 Å². The zero-order valence-corrected chi connectivity index (χ0v) is 28.5. The van der Waals surface area contributed by atoms with E-state index in [0.29, 0.717) is 11.0 Å². The van der Waals surface area contributed by atoms with Crippen LogP contribution in [0.4, 0.5) is 0 Å². The third-order valence-corrected chi connectivity index (χ3v) is 23.6. The van der Waals surface area contributed by atoms with E-state index in [1.807, 2.05) is 20.6 Å². The molecular weight excluding hydrogens is 532 g/mol. The summed E-state index contributed by atoms with van der Waals surface area (Å²) in [6.45, 7) is 15.5. The maximum absolute atomic E-state index is 2.86. The molecule has 0 nitrogen and oxygen atoms in total. The van der Waals surface area contributed by atoms with Crippen molar-refractivity contribution in [3.8, 4) is 0 Å². The molecule has 2 heteroatoms. The maximum atomic E-state index is 2.67. The number of hydrogen-bond donors (Lipinski definition) is 0. The SMILES string of the molecule is CC1C2=C(CCCC2)[C]([Ti]([CH2]c2ccccc2)([CH2]c2ccccc2)[CH2]c2ccccc2)=C1C[Si](C)(C)C(C)(C)C. The van der Waals surface area contributed by atoms with Crippen LogP contribution in [0.25, 0.3) is 0 Å². The molecule has 0 spiro atoms. The van der Waals surface area contributed by atoms with E-state index in [2.05, 4.69) is 132 Å². The Hall–Kier alpha value is -1.93. The molecular formula is C38H50SiTi. The summed E-state index contributed by atoms with van der Waals surface area (Å²) < 4.78 is 5.77. The first kappa shape index (κ1) is 29.6. The summed E-state index contributed by atoms with van der Waals surface area (Å²) in [6.07, 6.45) is 5.37. The van der Waals surface area contributed by atoms with E-state index in [1.165, 1.54) is 45.9 Å². The van der Waals surface area contributed by atoms with Crippen molar-refractivity contribution in [1.29, 1.82) is 0 Å². The summed E-state index contributed by atoms with van der Waals surface area (Å²) in [5.74, 6) is 0.631. The van der Waals surface area contributed by atoms with Gasteiger partial charge in [0.05, 0.1) is 0 Å². The van der Waals surface area contributed by atoms with Crippen molar-refractivity contribution in [1.82, 2.24) is 0 Å². The number of benzene rings is 3. The minimum absolute atomic E-state index is 0.391. The molecule has 2 aliphatic rings. The van der Waals surface area contributed by atoms with Crippen LogP contribution in [-0.2, 0) is 30.8 Å². The third kappa shape index (κ3) is 6.28. The van der Waals surface area contributed by atoms with Crippen molar-refractivity contribution >= 4 is 8.07 Å². The van der Waals surface area contributed by atoms with Gasteiger partial charge in [-0.2, -0.15) is 0 Å². The van der Waals surface area contributed by atoms with E-state index < -0.39 is 24.7 Å². The second kappa shape index (κ2) is 12.1. The molecule has 3 aromatic rings. The third-order valence-electron chi connectivity index (χ3n) is 10.5. The van der Waals surface area contributed by atoms with Crippen LogP contribution >= 0.6 is 0 Å². The Morgan fingerprint density at radius 1 is 0.675 bits per heavy atom. The van der Waals surface area contributed by atoms with Gasteiger partial charge in [0, 0.05) is 0 Å². The second-order valence-electron chi connectivity index (χ2n) is 14.4. The van der Waals surface area contributed by atoms with Crippen molar-refractivity contribution in [3.05, 3.63) is 128 Å². The molecule has 1 unspecified atom stereocenters. The Bertz CT molecular complexity index is 1240. The molecule has 1 atom stereocenters. The first-order valence-corrected chi connectivity index (χ1v) is 23.0. The van der Waals surface area contributed by atoms with E-state index in [0.717, 1.165) is 0 Å². The standard InChI is InChI=1S/C17H29Si.3C7H7.Ti/c1-13-15(12-18(5,6)17(2,3)4)11-14-9-7-8-10-16(13)14;3*1-7-5-3-2-4-6-7;/h13H,7-10,12H2,1-6H3;3*2-6H,1H2;. The molecule has 3 aromatic carbocycles. The van der Waals surface area contributed by atoms with Gasteiger partial charge >= 0.3 is 251 Å². The van der Waals surface area contributed by atoms with Crippen molar-refractivity contribution in [2.75, 3.05) is 0 Å². The molecule has 0 bridgehead atoms. The van der Waals surface area contributed by atoms with E-state index in [4.69, 9.17) is 0 Å². The normalized spacial score (nSPS) is 18.3. The molecule has 0 amide bonds. The Kier molecular flexibility index (Phi) is 8.96. The van der Waals surface area contributed by atoms with E-state index >= 15 is 0 Å². The second-order valence-corrected chi connectivity index (χ2v) is 26.5. The molecule has 5 rings (SSSR count). The van der Waals surface area contributed by atoms with Crippen LogP contribution in [0, 0.1) is 5.92 Å². The van der Waals surface area contributed by atoms with Crippen LogP contribution in [-0.4, -0.2) is 8.07 Å². The first-order valence-electron chi connectivity index (χ1n) is 15.7. The molecule has 2 aliphatic carbocycles. The average Bonchev–Trinajstić information content (AvgIpc) is 3.21. The zero-order valence-electron chi connectivity index (χ0n) is 25.9. The predicted molar refractivity (Wildman–Crippen MR) is 174 cm³/mol. The Labute approximate surface area is 249 Å². The summed E-state index contributed by atoms with van der Waals surface area (Å²) >= 11 is -2.86. The van der Waals surface area contributed by atoms with Gasteiger partial charge in [-0.15, -0.1) is 0 Å². The summed E-state index contributed by atoms with van der Waals surface area (Å²) in [5, 5.41) is 0.391. The molecule has 0 fully saturated rings. The van der Waals surface area contributed by atoms with Crippen LogP contribution in [0.2, 0.25) is 24.2 Å². The van der Waals surface area contributed by atoms with Gasteiger partial charge in [0.1, 0.15) is 0 Å². The molecule has 40 heavy (non-hydrogen) atoms. The van der Waals surface area contributed by atoms with Crippen LogP contribution in [0.5, 0.6) is 0 Å². The van der Waals surface area contributed by atoms with Gasteiger partial charge in [0.2, 0.25) is 0 Å². The topological polar surface area (TPSA) is 0 Å². The molecule has 0 aromatic heterocycles. The molecule has 0 saturated heterocycles. The van der Waals surface area contributed by atoms with Crippen molar-refractivity contribution in [2.24, 2.45) is 5.92 Å². The van der Waals surface area contributed by atoms with Crippen LogP contribution in [0.15, 0.2) is 112 Å². The molecule has 0 radical (unpaired) electrons. The van der Waals surface area contributed by atoms with Gasteiger partial charge in [-0.1, -0.05) is 0 Å². The zero-order chi connectivity index (χ0) is 28.4. The quantitative estimate of drug-likeness (QED) is 0.220. The van der Waals surface area contributed by atoms with Crippen LogP contribution in [0.1, 0.15) is 70.1 Å². The van der Waals surface area contributed by atoms with Gasteiger partial charge in [-0.3, -0.25) is 0 Å². The number of hydrogen-bond acceptors (Lipinski definition) is 0. The number of rotatable bonds is 9. The first-order chi connectivity index (χ1) is 19.1. The average molecular weight is 583 g/mol. The Balaban J connectivity index is 1.77. The molecule has 0 saturated carbocycles. The number of allylic oxidation sites excluding steroid dienone is 4. The minimum atomic E-state index is -2.86. The van der Waals surface area contributed by atoms with Crippen molar-refractivity contribution in [2.45, 2.75) is 91.7 Å². The molecule has 0 aliphatic heterocycles. The monoisotopic (exact) mass is 582 g/mol. The summed E-state index contributed by atoms with van der Waals surface area (Å²) in [6, 6.07) is 36.0. The van der Waals surface area contributed by atoms with E-state index in [9.17, 15) is 0 Å². The summed E-state index contributed by atoms with van der Waals surface area (Å²) in [7, 11) is -1.53. The molecule has 0 heterocycles. The molecule has 0 N–H and O–H groups in total. The van der Waals surface area contributed by atoms with E-state index in [-0.39, 0.29) is 0 Å². The fourth-order valence-corrected chi connectivity index (χ4v) is 18.8. The van der Waals surface area contributed by atoms with Crippen LogP contribution in [0.3, 0.4) is 0 Å². The fraction of sp³-hybridized carbons (Fsp3) is 0.421. The predicted octanol–water partition coefficient (Wildman–Crippen LogP) is 11.0. The van der Waals surface area contributed by atoms with Crippen molar-refractivity contribution < 1.29 is 16.6 Å². The summed E-state index contributed by atoms with van der Waals surface area (Å²) in [4.78, 5) is 0. The van der Waals surface area contributed by atoms with Gasteiger partial charge in [0.25, 0.3) is 0 Å². The van der Waals surface area contributed by atoms with Gasteiger partial charge < -0.3 is 0 Å². The van der Waals surface area contributed by atoms with Gasteiger partial charge in [0.15, 0.2) is 0 Å². The molecule has 210 valence electrons. The Morgan fingerprint density at radius 3 is 1.52 bits per heavy atom.